The van der Waals surface area contributed by atoms with E-state index in [9.17, 15) is 4.79 Å². The van der Waals surface area contributed by atoms with Crippen molar-refractivity contribution in [3.63, 3.8) is 0 Å². The number of rotatable bonds is 1. The monoisotopic (exact) mass is 164 g/mol. The lowest BCUT2D eigenvalue weighted by Gasteiger charge is -2.14. The molecule has 2 rings (SSSR count). The summed E-state index contributed by atoms with van der Waals surface area (Å²) in [7, 11) is 0. The average Bonchev–Trinajstić information content (AvgIpc) is 2.49. The van der Waals surface area contributed by atoms with Gasteiger partial charge >= 0.3 is 5.97 Å². The second-order valence-electron chi connectivity index (χ2n) is 3.49. The van der Waals surface area contributed by atoms with Crippen LogP contribution in [0.2, 0.25) is 0 Å². The number of hydrogen-bond acceptors (Lipinski definition) is 1. The summed E-state index contributed by atoms with van der Waals surface area (Å²) in [6.45, 7) is 0. The van der Waals surface area contributed by atoms with E-state index in [1.54, 1.807) is 0 Å². The average molecular weight is 164 g/mol. The zero-order chi connectivity index (χ0) is 8.55. The number of aliphatic carboxylic acids is 1. The van der Waals surface area contributed by atoms with Gasteiger partial charge in [0.15, 0.2) is 0 Å². The summed E-state index contributed by atoms with van der Waals surface area (Å²) in [5, 5.41) is 8.76. The molecule has 0 saturated heterocycles. The molecule has 2 aliphatic rings. The smallest absolute Gasteiger partial charge is 0.314 e. The van der Waals surface area contributed by atoms with E-state index in [1.807, 2.05) is 12.2 Å². The fraction of sp³-hybridized carbons (Fsp3) is 0.500. The topological polar surface area (TPSA) is 37.3 Å². The summed E-state index contributed by atoms with van der Waals surface area (Å²) >= 11 is 0. The number of carbonyl (C=O) groups is 1. The van der Waals surface area contributed by atoms with Crippen molar-refractivity contribution < 1.29 is 9.90 Å². The highest BCUT2D eigenvalue weighted by Gasteiger charge is 2.24. The molecule has 0 bridgehead atoms. The third kappa shape index (κ3) is 1.17. The van der Waals surface area contributed by atoms with Crippen molar-refractivity contribution in [1.29, 1.82) is 0 Å². The zero-order valence-electron chi connectivity index (χ0n) is 6.86. The van der Waals surface area contributed by atoms with Crippen LogP contribution in [0.3, 0.4) is 0 Å². The van der Waals surface area contributed by atoms with Gasteiger partial charge in [0, 0.05) is 0 Å². The van der Waals surface area contributed by atoms with Crippen LogP contribution in [0.5, 0.6) is 0 Å². The third-order valence-corrected chi connectivity index (χ3v) is 2.69. The first-order valence-electron chi connectivity index (χ1n) is 4.39. The van der Waals surface area contributed by atoms with Gasteiger partial charge in [-0.1, -0.05) is 23.8 Å². The normalized spacial score (nSPS) is 32.8. The van der Waals surface area contributed by atoms with E-state index in [2.05, 4.69) is 6.08 Å². The Bertz CT molecular complexity index is 263. The maximum atomic E-state index is 10.6. The van der Waals surface area contributed by atoms with Crippen LogP contribution >= 0.6 is 0 Å². The van der Waals surface area contributed by atoms with Crippen molar-refractivity contribution in [2.75, 3.05) is 0 Å². The van der Waals surface area contributed by atoms with Gasteiger partial charge in [-0.25, -0.2) is 0 Å². The lowest BCUT2D eigenvalue weighted by Crippen LogP contribution is -2.13. The minimum Gasteiger partial charge on any atom is -0.481 e. The van der Waals surface area contributed by atoms with Crippen LogP contribution in [0.25, 0.3) is 0 Å². The lowest BCUT2D eigenvalue weighted by molar-refractivity contribution is -0.138. The van der Waals surface area contributed by atoms with E-state index in [-0.39, 0.29) is 5.92 Å². The predicted molar refractivity (Wildman–Crippen MR) is 45.7 cm³/mol. The summed E-state index contributed by atoms with van der Waals surface area (Å²) < 4.78 is 0. The van der Waals surface area contributed by atoms with E-state index in [0.29, 0.717) is 5.92 Å². The number of carboxylic acids is 1. The quantitative estimate of drug-likeness (QED) is 0.602. The van der Waals surface area contributed by atoms with Crippen molar-refractivity contribution in [3.8, 4) is 0 Å². The van der Waals surface area contributed by atoms with Crippen molar-refractivity contribution in [1.82, 2.24) is 0 Å². The lowest BCUT2D eigenvalue weighted by atomic mass is 9.91. The molecule has 0 aliphatic heterocycles. The number of allylic oxidation sites excluding steroid dienone is 2. The predicted octanol–water partition coefficient (Wildman–Crippen LogP) is 1.98. The van der Waals surface area contributed by atoms with E-state index in [1.165, 1.54) is 18.4 Å². The standard InChI is InChI=1S/C10H12O2/c11-10(12)9-5-4-7-2-1-3-8(7)6-9/h4-7,9H,1-3H2,(H,11,12)/t7-,9+/m0/s1. The minimum atomic E-state index is -0.732. The number of fused-ring (bicyclic) bond motifs is 1. The molecular weight excluding hydrogens is 152 g/mol. The Hall–Kier alpha value is -1.05. The minimum absolute atomic E-state index is 0.366. The van der Waals surface area contributed by atoms with Crippen LogP contribution in [-0.2, 0) is 4.79 Å². The number of carboxylic acid groups (broad SMARTS) is 1. The van der Waals surface area contributed by atoms with Crippen LogP contribution in [0.1, 0.15) is 19.3 Å². The van der Waals surface area contributed by atoms with Crippen molar-refractivity contribution in [2.24, 2.45) is 11.8 Å². The van der Waals surface area contributed by atoms with Gasteiger partial charge in [-0.05, 0) is 25.2 Å². The second kappa shape index (κ2) is 2.77. The van der Waals surface area contributed by atoms with Crippen LogP contribution in [-0.4, -0.2) is 11.1 Å². The molecule has 2 nitrogen and oxygen atoms in total. The molecule has 2 atom stereocenters. The van der Waals surface area contributed by atoms with Gasteiger partial charge in [-0.15, -0.1) is 0 Å². The molecule has 2 aliphatic carbocycles. The molecule has 12 heavy (non-hydrogen) atoms. The highest BCUT2D eigenvalue weighted by molar-refractivity contribution is 5.75. The SMILES string of the molecule is O=C(O)[C@@H]1C=C[C@@H]2CCCC2=C1. The Morgan fingerprint density at radius 1 is 1.50 bits per heavy atom. The summed E-state index contributed by atoms with van der Waals surface area (Å²) in [5.74, 6) is -0.543. The van der Waals surface area contributed by atoms with Gasteiger partial charge in [0.2, 0.25) is 0 Å². The molecule has 0 aromatic heterocycles. The van der Waals surface area contributed by atoms with E-state index < -0.39 is 5.97 Å². The molecule has 0 spiro atoms. The molecule has 0 unspecified atom stereocenters. The molecule has 1 N–H and O–H groups in total. The maximum Gasteiger partial charge on any atom is 0.314 e. The first-order chi connectivity index (χ1) is 5.77. The van der Waals surface area contributed by atoms with Crippen LogP contribution < -0.4 is 0 Å². The van der Waals surface area contributed by atoms with Crippen molar-refractivity contribution in [3.05, 3.63) is 23.8 Å². The summed E-state index contributed by atoms with van der Waals surface area (Å²) in [4.78, 5) is 10.6. The largest absolute Gasteiger partial charge is 0.481 e. The molecule has 2 heteroatoms. The van der Waals surface area contributed by atoms with Crippen LogP contribution in [0.15, 0.2) is 23.8 Å². The van der Waals surface area contributed by atoms with Gasteiger partial charge in [0.05, 0.1) is 5.92 Å². The van der Waals surface area contributed by atoms with Crippen molar-refractivity contribution >= 4 is 5.97 Å². The maximum absolute atomic E-state index is 10.6. The molecule has 1 fully saturated rings. The number of hydrogen-bond donors (Lipinski definition) is 1. The molecule has 0 heterocycles. The van der Waals surface area contributed by atoms with Gasteiger partial charge in [0.25, 0.3) is 0 Å². The summed E-state index contributed by atoms with van der Waals surface area (Å²) in [5.41, 5.74) is 1.34. The van der Waals surface area contributed by atoms with Crippen molar-refractivity contribution in [2.45, 2.75) is 19.3 Å². The molecule has 0 aromatic carbocycles. The Morgan fingerprint density at radius 2 is 2.33 bits per heavy atom. The summed E-state index contributed by atoms with van der Waals surface area (Å²) in [6, 6.07) is 0. The molecule has 0 amide bonds. The van der Waals surface area contributed by atoms with Gasteiger partial charge in [-0.3, -0.25) is 4.79 Å². The highest BCUT2D eigenvalue weighted by atomic mass is 16.4. The molecule has 0 radical (unpaired) electrons. The third-order valence-electron chi connectivity index (χ3n) is 2.69. The van der Waals surface area contributed by atoms with Crippen LogP contribution in [0.4, 0.5) is 0 Å². The Labute approximate surface area is 71.6 Å². The van der Waals surface area contributed by atoms with Gasteiger partial charge < -0.3 is 5.11 Å². The first-order valence-corrected chi connectivity index (χ1v) is 4.39. The van der Waals surface area contributed by atoms with Gasteiger partial charge in [0.1, 0.15) is 0 Å². The second-order valence-corrected chi connectivity index (χ2v) is 3.49. The zero-order valence-corrected chi connectivity index (χ0v) is 6.86. The Balaban J connectivity index is 2.20. The van der Waals surface area contributed by atoms with Crippen LogP contribution in [0, 0.1) is 11.8 Å². The van der Waals surface area contributed by atoms with Gasteiger partial charge in [-0.2, -0.15) is 0 Å². The highest BCUT2D eigenvalue weighted by Crippen LogP contribution is 2.35. The van der Waals surface area contributed by atoms with E-state index >= 15 is 0 Å². The first kappa shape index (κ1) is 7.59. The molecular formula is C10H12O2. The molecule has 0 aromatic rings. The van der Waals surface area contributed by atoms with E-state index in [4.69, 9.17) is 5.11 Å². The fourth-order valence-electron chi connectivity index (χ4n) is 2.02. The molecule has 64 valence electrons. The molecule has 1 saturated carbocycles. The fourth-order valence-corrected chi connectivity index (χ4v) is 2.02. The Morgan fingerprint density at radius 3 is 3.08 bits per heavy atom. The van der Waals surface area contributed by atoms with E-state index in [0.717, 1.165) is 6.42 Å². The summed E-state index contributed by atoms with van der Waals surface area (Å²) in [6.07, 6.45) is 9.30. The Kier molecular flexibility index (Phi) is 1.75.